The van der Waals surface area contributed by atoms with Crippen molar-refractivity contribution in [3.8, 4) is 0 Å². The molecule has 0 amide bonds. The van der Waals surface area contributed by atoms with Crippen molar-refractivity contribution in [3.05, 3.63) is 34.1 Å². The monoisotopic (exact) mass is 299 g/mol. The van der Waals surface area contributed by atoms with Crippen LogP contribution in [0.4, 0.5) is 4.39 Å². The van der Waals surface area contributed by atoms with Gasteiger partial charge in [-0.1, -0.05) is 35.3 Å². The maximum absolute atomic E-state index is 12.9. The molecule has 0 spiro atoms. The molecule has 0 heterocycles. The van der Waals surface area contributed by atoms with Crippen LogP contribution in [0.25, 0.3) is 0 Å². The fourth-order valence-corrected chi connectivity index (χ4v) is 2.84. The van der Waals surface area contributed by atoms with E-state index in [0.717, 1.165) is 23.1 Å². The molecular weight excluding hydrogens is 281 g/mol. The van der Waals surface area contributed by atoms with E-state index in [1.807, 2.05) is 6.07 Å². The van der Waals surface area contributed by atoms with Crippen molar-refractivity contribution in [1.82, 2.24) is 5.32 Å². The van der Waals surface area contributed by atoms with Crippen molar-refractivity contribution in [2.24, 2.45) is 5.41 Å². The lowest BCUT2D eigenvalue weighted by molar-refractivity contribution is 0.420. The summed E-state index contributed by atoms with van der Waals surface area (Å²) in [5.74, 6) is -0.190. The van der Waals surface area contributed by atoms with Gasteiger partial charge < -0.3 is 5.32 Å². The average molecular weight is 300 g/mol. The Morgan fingerprint density at radius 2 is 2.18 bits per heavy atom. The minimum absolute atomic E-state index is 0.190. The smallest absolute Gasteiger partial charge is 0.124 e. The molecule has 0 aromatic heterocycles. The zero-order valence-corrected chi connectivity index (χ0v) is 11.8. The topological polar surface area (TPSA) is 12.0 Å². The molecule has 2 rings (SSSR count). The van der Waals surface area contributed by atoms with Gasteiger partial charge in [-0.25, -0.2) is 4.39 Å². The number of nitrogens with one attached hydrogen (secondary N) is 1. The largest absolute Gasteiger partial charge is 0.312 e. The standard InChI is InChI=1S/C14H19BrFN/c1-2-5-14(6-7-14)10-17-9-11-3-4-12(16)8-13(11)15/h3-4,8,17H,2,5-7,9-10H2,1H3. The van der Waals surface area contributed by atoms with Gasteiger partial charge in [-0.2, -0.15) is 0 Å². The number of halogens is 2. The minimum Gasteiger partial charge on any atom is -0.312 e. The zero-order valence-electron chi connectivity index (χ0n) is 10.2. The lowest BCUT2D eigenvalue weighted by Gasteiger charge is -2.15. The van der Waals surface area contributed by atoms with Crippen LogP contribution in [0, 0.1) is 11.2 Å². The van der Waals surface area contributed by atoms with Crippen LogP contribution in [-0.2, 0) is 6.54 Å². The molecule has 0 atom stereocenters. The van der Waals surface area contributed by atoms with Gasteiger partial charge in [0.25, 0.3) is 0 Å². The second-order valence-corrected chi connectivity index (χ2v) is 5.94. The third kappa shape index (κ3) is 3.52. The Morgan fingerprint density at radius 1 is 1.41 bits per heavy atom. The highest BCUT2D eigenvalue weighted by Gasteiger charge is 2.40. The second kappa shape index (κ2) is 5.49. The maximum Gasteiger partial charge on any atom is 0.124 e. The second-order valence-electron chi connectivity index (χ2n) is 5.09. The molecule has 94 valence electrons. The molecular formula is C14H19BrFN. The molecule has 0 aliphatic heterocycles. The van der Waals surface area contributed by atoms with Crippen LogP contribution in [0.5, 0.6) is 0 Å². The fraction of sp³-hybridized carbons (Fsp3) is 0.571. The summed E-state index contributed by atoms with van der Waals surface area (Å²) >= 11 is 3.39. The predicted molar refractivity (Wildman–Crippen MR) is 72.4 cm³/mol. The lowest BCUT2D eigenvalue weighted by atomic mass is 10.0. The number of hydrogen-bond acceptors (Lipinski definition) is 1. The van der Waals surface area contributed by atoms with Gasteiger partial charge in [0.15, 0.2) is 0 Å². The third-order valence-corrected chi connectivity index (χ3v) is 4.31. The van der Waals surface area contributed by atoms with Crippen molar-refractivity contribution in [2.75, 3.05) is 6.54 Å². The van der Waals surface area contributed by atoms with Crippen molar-refractivity contribution in [3.63, 3.8) is 0 Å². The molecule has 1 nitrogen and oxygen atoms in total. The fourth-order valence-electron chi connectivity index (χ4n) is 2.35. The van der Waals surface area contributed by atoms with E-state index in [0.29, 0.717) is 5.41 Å². The van der Waals surface area contributed by atoms with Gasteiger partial charge in [0.2, 0.25) is 0 Å². The Labute approximate surface area is 111 Å². The lowest BCUT2D eigenvalue weighted by Crippen LogP contribution is -2.23. The van der Waals surface area contributed by atoms with Crippen LogP contribution in [0.2, 0.25) is 0 Å². The highest BCUT2D eigenvalue weighted by Crippen LogP contribution is 2.48. The van der Waals surface area contributed by atoms with Crippen LogP contribution in [0.1, 0.15) is 38.2 Å². The summed E-state index contributed by atoms with van der Waals surface area (Å²) in [6, 6.07) is 4.88. The van der Waals surface area contributed by atoms with Crippen molar-refractivity contribution in [1.29, 1.82) is 0 Å². The van der Waals surface area contributed by atoms with Crippen molar-refractivity contribution >= 4 is 15.9 Å². The summed E-state index contributed by atoms with van der Waals surface area (Å²) in [4.78, 5) is 0. The van der Waals surface area contributed by atoms with E-state index >= 15 is 0 Å². The minimum atomic E-state index is -0.190. The summed E-state index contributed by atoms with van der Waals surface area (Å²) in [7, 11) is 0. The molecule has 1 aromatic carbocycles. The van der Waals surface area contributed by atoms with E-state index in [-0.39, 0.29) is 5.82 Å². The summed E-state index contributed by atoms with van der Waals surface area (Å²) < 4.78 is 13.8. The highest BCUT2D eigenvalue weighted by atomic mass is 79.9. The van der Waals surface area contributed by atoms with Gasteiger partial charge in [0.05, 0.1) is 0 Å². The molecule has 0 saturated heterocycles. The first-order valence-electron chi connectivity index (χ1n) is 6.30. The van der Waals surface area contributed by atoms with Crippen LogP contribution in [0.15, 0.2) is 22.7 Å². The first kappa shape index (κ1) is 13.0. The van der Waals surface area contributed by atoms with Gasteiger partial charge >= 0.3 is 0 Å². The van der Waals surface area contributed by atoms with Gasteiger partial charge in [0.1, 0.15) is 5.82 Å². The summed E-state index contributed by atoms with van der Waals surface area (Å²) in [6.07, 6.45) is 5.31. The van der Waals surface area contributed by atoms with Crippen LogP contribution in [-0.4, -0.2) is 6.54 Å². The molecule has 1 N–H and O–H groups in total. The van der Waals surface area contributed by atoms with Crippen LogP contribution >= 0.6 is 15.9 Å². The Kier molecular flexibility index (Phi) is 4.21. The Balaban J connectivity index is 1.82. The Morgan fingerprint density at radius 3 is 2.76 bits per heavy atom. The first-order chi connectivity index (χ1) is 8.15. The molecule has 0 bridgehead atoms. The summed E-state index contributed by atoms with van der Waals surface area (Å²) in [6.45, 7) is 4.15. The van der Waals surface area contributed by atoms with Gasteiger partial charge in [-0.3, -0.25) is 0 Å². The van der Waals surface area contributed by atoms with E-state index in [9.17, 15) is 4.39 Å². The van der Waals surface area contributed by atoms with E-state index in [2.05, 4.69) is 28.2 Å². The molecule has 1 aromatic rings. The van der Waals surface area contributed by atoms with Gasteiger partial charge in [-0.05, 0) is 42.4 Å². The molecule has 17 heavy (non-hydrogen) atoms. The van der Waals surface area contributed by atoms with Crippen molar-refractivity contribution < 1.29 is 4.39 Å². The van der Waals surface area contributed by atoms with Crippen LogP contribution < -0.4 is 5.32 Å². The van der Waals surface area contributed by atoms with E-state index in [4.69, 9.17) is 0 Å². The highest BCUT2D eigenvalue weighted by molar-refractivity contribution is 9.10. The van der Waals surface area contributed by atoms with Crippen LogP contribution in [0.3, 0.4) is 0 Å². The molecule has 0 radical (unpaired) electrons. The number of rotatable bonds is 6. The number of hydrogen-bond donors (Lipinski definition) is 1. The molecule has 1 aliphatic rings. The third-order valence-electron chi connectivity index (χ3n) is 3.57. The normalized spacial score (nSPS) is 17.1. The molecule has 1 aliphatic carbocycles. The van der Waals surface area contributed by atoms with E-state index < -0.39 is 0 Å². The SMILES string of the molecule is CCCC1(CNCc2ccc(F)cc2Br)CC1. The summed E-state index contributed by atoms with van der Waals surface area (Å²) in [5, 5.41) is 3.50. The van der Waals surface area contributed by atoms with Gasteiger partial charge in [0, 0.05) is 17.6 Å². The maximum atomic E-state index is 12.9. The molecule has 1 saturated carbocycles. The first-order valence-corrected chi connectivity index (χ1v) is 7.09. The summed E-state index contributed by atoms with van der Waals surface area (Å²) in [5.41, 5.74) is 1.69. The number of benzene rings is 1. The Hall–Kier alpha value is -0.410. The van der Waals surface area contributed by atoms with Crippen molar-refractivity contribution in [2.45, 2.75) is 39.2 Å². The Bertz CT molecular complexity index is 388. The molecule has 3 heteroatoms. The molecule has 0 unspecified atom stereocenters. The zero-order chi connectivity index (χ0) is 12.3. The average Bonchev–Trinajstić information content (AvgIpc) is 3.02. The van der Waals surface area contributed by atoms with E-state index in [1.54, 1.807) is 0 Å². The molecule has 1 fully saturated rings. The van der Waals surface area contributed by atoms with Gasteiger partial charge in [-0.15, -0.1) is 0 Å². The predicted octanol–water partition coefficient (Wildman–Crippen LogP) is 4.26. The van der Waals surface area contributed by atoms with E-state index in [1.165, 1.54) is 37.8 Å². The quantitative estimate of drug-likeness (QED) is 0.828.